The van der Waals surface area contributed by atoms with E-state index in [1.165, 1.54) is 32.8 Å². The Morgan fingerprint density at radius 2 is 0.655 bits per heavy atom. The van der Waals surface area contributed by atoms with E-state index < -0.39 is 8.32 Å². The molecule has 0 aliphatic carbocycles. The number of aliphatic hydroxyl groups is 1. The second kappa shape index (κ2) is 39.1. The van der Waals surface area contributed by atoms with Crippen molar-refractivity contribution in [2.24, 2.45) is 28.2 Å². The molecule has 12 rings (SSSR count). The van der Waals surface area contributed by atoms with Crippen molar-refractivity contribution in [1.29, 1.82) is 0 Å². The second-order valence-corrected chi connectivity index (χ2v) is 39.5. The largest absolute Gasteiger partial charge is 0.480 e. The summed E-state index contributed by atoms with van der Waals surface area (Å²) in [5.41, 5.74) is 23.6. The Bertz CT molecular complexity index is 5210. The number of halogens is 1. The molecule has 0 amide bonds. The van der Waals surface area contributed by atoms with Crippen molar-refractivity contribution in [2.45, 2.75) is 229 Å². The lowest BCUT2D eigenvalue weighted by Gasteiger charge is -2.37. The van der Waals surface area contributed by atoms with E-state index in [0.717, 1.165) is 161 Å². The Labute approximate surface area is 700 Å². The molecule has 0 fully saturated rings. The van der Waals surface area contributed by atoms with Gasteiger partial charge in [-0.3, -0.25) is 0 Å². The van der Waals surface area contributed by atoms with Crippen LogP contribution in [0.25, 0.3) is 89.2 Å². The molecule has 624 valence electrons. The van der Waals surface area contributed by atoms with E-state index >= 15 is 0 Å². The number of aryl methyl sites for hydroxylation is 7. The monoisotopic (exact) mass is 1660 g/mol. The highest BCUT2D eigenvalue weighted by atomic mass is 79.9. The van der Waals surface area contributed by atoms with Gasteiger partial charge in [0.2, 0.25) is 23.5 Å². The van der Waals surface area contributed by atoms with Gasteiger partial charge in [-0.05, 0) is 228 Å². The Hall–Kier alpha value is -8.86. The van der Waals surface area contributed by atoms with Crippen molar-refractivity contribution in [3.63, 3.8) is 0 Å². The molecule has 19 nitrogen and oxygen atoms in total. The van der Waals surface area contributed by atoms with Crippen LogP contribution in [-0.4, -0.2) is 127 Å². The van der Waals surface area contributed by atoms with E-state index in [1.54, 1.807) is 35.5 Å². The predicted octanol–water partition coefficient (Wildman–Crippen LogP) is 23.8. The molecule has 116 heavy (non-hydrogen) atoms. The second-order valence-electron chi connectivity index (χ2n) is 33.9. The summed E-state index contributed by atoms with van der Waals surface area (Å²) in [5.74, 6) is 5.23. The number of fused-ring (bicyclic) bond motifs is 4. The Balaban J connectivity index is 0.000000178. The van der Waals surface area contributed by atoms with Gasteiger partial charge < -0.3 is 51.5 Å². The first-order chi connectivity index (χ1) is 55.0. The third-order valence-corrected chi connectivity index (χ3v) is 28.5. The topological polar surface area (TPSA) is 198 Å². The lowest BCUT2D eigenvalue weighted by Crippen LogP contribution is -2.41. The predicted molar refractivity (Wildman–Crippen MR) is 485 cm³/mol. The van der Waals surface area contributed by atoms with Crippen molar-refractivity contribution in [1.82, 2.24) is 58.1 Å². The molecule has 0 spiro atoms. The first-order valence-corrected chi connectivity index (χ1v) is 45.2. The van der Waals surface area contributed by atoms with Crippen molar-refractivity contribution < 1.29 is 33.2 Å². The zero-order valence-electron chi connectivity index (χ0n) is 75.2. The van der Waals surface area contributed by atoms with Crippen molar-refractivity contribution in [3.05, 3.63) is 164 Å². The fourth-order valence-electron chi connectivity index (χ4n) is 15.1. The highest BCUT2D eigenvalue weighted by Gasteiger charge is 2.38. The van der Waals surface area contributed by atoms with Gasteiger partial charge in [0.1, 0.15) is 22.6 Å². The number of methoxy groups -OCH3 is 5. The molecule has 0 saturated heterocycles. The number of aliphatic hydroxyl groups excluding tert-OH is 1. The first-order valence-electron chi connectivity index (χ1n) is 41.5. The highest BCUT2D eigenvalue weighted by molar-refractivity contribution is 9.10. The van der Waals surface area contributed by atoms with Crippen LogP contribution in [0.2, 0.25) is 18.1 Å². The number of rotatable bonds is 27. The lowest BCUT2D eigenvalue weighted by molar-refractivity contribution is 0.178. The SMILES string of the molecule is CCC(CC)c1cn(C)c2nc(-c3ccc(C(C)C)nc3OC)c(Br)cc12.CCC(CO)c1cn(C)c2nc(-c3ccc(C(C)C)nc3OC)c(C)cc12.CCC(COC)c1cn(C)c2nc(-c3ccc(C(C)C)nc3OC)c(C)cc12.CCC(CO[Si](C)(C)C(C)(C)C)c1cn(C)c2nc(-c3ccc(C(C)C)nc3OC)c(C)cc12. The average molecular weight is 1660 g/mol. The van der Waals surface area contributed by atoms with E-state index in [9.17, 15) is 5.11 Å². The molecular formula is C95H131BrN12O7Si. The molecule has 0 radical (unpaired) electrons. The maximum Gasteiger partial charge on any atom is 0.222 e. The van der Waals surface area contributed by atoms with Gasteiger partial charge >= 0.3 is 0 Å². The van der Waals surface area contributed by atoms with Crippen LogP contribution >= 0.6 is 15.9 Å². The lowest BCUT2D eigenvalue weighted by atomic mass is 9.94. The number of hydrogen-bond donors (Lipinski definition) is 1. The smallest absolute Gasteiger partial charge is 0.222 e. The third-order valence-electron chi connectivity index (χ3n) is 23.4. The van der Waals surface area contributed by atoms with Crippen molar-refractivity contribution in [2.75, 3.05) is 55.4 Å². The van der Waals surface area contributed by atoms with Gasteiger partial charge in [-0.25, -0.2) is 39.9 Å². The maximum absolute atomic E-state index is 9.73. The van der Waals surface area contributed by atoms with Gasteiger partial charge in [0.05, 0.1) is 80.1 Å². The van der Waals surface area contributed by atoms with Gasteiger partial charge in [0.25, 0.3) is 0 Å². The normalized spacial score (nSPS) is 12.8. The standard InChI is InChI=1S/C28H43N3O2Si.C23H31N3O2.C22H28BrN3O.C22H29N3O2/c1-12-20(17-33-34(10,11)28(5,6)7)23-16-31(8)26-22(23)15-19(4)25(30-26)21-13-14-24(18(2)3)29-27(21)32-9;1-8-16(13-27-6)19-12-26(5)22-18(19)11-15(4)21(25-22)17-9-10-20(14(2)3)24-23(17)28-7;1-7-14(8-2)17-12-26(5)21-16(17)11-18(23)20(25-21)15-9-10-19(13(3)4)24-22(15)27-6;1-7-15(12-26)18-11-25(5)21-17(18)10-14(4)20(24-21)16-8-9-19(13(2)3)23-22(16)27-6/h13-16,18,20H,12,17H2,1-11H3;9-12,14,16H,8,13H2,1-7H3;9-14H,7-8H2,1-6H3;8-11,13,15,26H,7,12H2,1-6H3. The summed E-state index contributed by atoms with van der Waals surface area (Å²) in [6.07, 6.45) is 13.9. The minimum absolute atomic E-state index is 0.127. The average Bonchev–Trinajstić information content (AvgIpc) is 1.57. The first kappa shape index (κ1) is 91.0. The summed E-state index contributed by atoms with van der Waals surface area (Å²) in [7, 11) is 14.8. The molecule has 3 atom stereocenters. The zero-order valence-corrected chi connectivity index (χ0v) is 77.7. The molecule has 0 bridgehead atoms. The van der Waals surface area contributed by atoms with Crippen LogP contribution in [0, 0.1) is 20.8 Å². The minimum atomic E-state index is -1.81. The minimum Gasteiger partial charge on any atom is -0.480 e. The summed E-state index contributed by atoms with van der Waals surface area (Å²) in [6.45, 7) is 47.5. The molecule has 0 aromatic carbocycles. The van der Waals surface area contributed by atoms with Crippen LogP contribution in [-0.2, 0) is 37.4 Å². The number of aromatic nitrogens is 12. The van der Waals surface area contributed by atoms with Crippen LogP contribution in [0.1, 0.15) is 252 Å². The zero-order chi connectivity index (χ0) is 85.3. The number of ether oxygens (including phenoxy) is 5. The number of pyridine rings is 8. The van der Waals surface area contributed by atoms with Crippen molar-refractivity contribution >= 4 is 68.4 Å². The fourth-order valence-corrected chi connectivity index (χ4v) is 16.7. The van der Waals surface area contributed by atoms with E-state index in [4.69, 9.17) is 58.0 Å². The Kier molecular flexibility index (Phi) is 30.7. The third kappa shape index (κ3) is 19.6. The molecule has 3 unspecified atom stereocenters. The maximum atomic E-state index is 9.73. The van der Waals surface area contributed by atoms with Crippen LogP contribution in [0.5, 0.6) is 23.5 Å². The highest BCUT2D eigenvalue weighted by Crippen LogP contribution is 2.44. The summed E-state index contributed by atoms with van der Waals surface area (Å²) in [5, 5.41) is 14.7. The van der Waals surface area contributed by atoms with Crippen LogP contribution in [0.4, 0.5) is 0 Å². The van der Waals surface area contributed by atoms with Gasteiger partial charge in [0.15, 0.2) is 8.32 Å². The molecule has 12 aromatic heterocycles. The van der Waals surface area contributed by atoms with E-state index in [2.05, 4.69) is 297 Å². The van der Waals surface area contributed by atoms with Gasteiger partial charge in [-0.1, -0.05) is 111 Å². The van der Waals surface area contributed by atoms with Crippen molar-refractivity contribution in [3.8, 4) is 68.5 Å². The van der Waals surface area contributed by atoms with Crippen LogP contribution in [0.15, 0.2) is 102 Å². The van der Waals surface area contributed by atoms with E-state index in [0.29, 0.717) is 71.6 Å². The molecule has 12 aromatic rings. The van der Waals surface area contributed by atoms with E-state index in [1.807, 2.05) is 17.7 Å². The van der Waals surface area contributed by atoms with Gasteiger partial charge in [-0.2, -0.15) is 0 Å². The van der Waals surface area contributed by atoms with Gasteiger partial charge in [-0.15, -0.1) is 0 Å². The Morgan fingerprint density at radius 1 is 0.388 bits per heavy atom. The molecule has 12 heterocycles. The number of nitrogens with zero attached hydrogens (tertiary/aromatic N) is 12. The fraction of sp³-hybridized carbons (Fsp3) is 0.495. The molecular weight excluding hydrogens is 1530 g/mol. The van der Waals surface area contributed by atoms with Gasteiger partial charge in [0, 0.05) is 140 Å². The molecule has 21 heteroatoms. The summed E-state index contributed by atoms with van der Waals surface area (Å²) < 4.78 is 43.9. The molecule has 0 aliphatic rings. The summed E-state index contributed by atoms with van der Waals surface area (Å²) in [4.78, 5) is 38.9. The quantitative estimate of drug-likeness (QED) is 0.0477. The molecule has 0 aliphatic heterocycles. The summed E-state index contributed by atoms with van der Waals surface area (Å²) in [6, 6.07) is 25.4. The van der Waals surface area contributed by atoms with Crippen LogP contribution in [0.3, 0.4) is 0 Å². The van der Waals surface area contributed by atoms with E-state index in [-0.39, 0.29) is 17.6 Å². The Morgan fingerprint density at radius 3 is 0.922 bits per heavy atom. The molecule has 1 N–H and O–H groups in total. The number of hydrogen-bond acceptors (Lipinski definition) is 15. The summed E-state index contributed by atoms with van der Waals surface area (Å²) >= 11 is 3.75. The van der Waals surface area contributed by atoms with Crippen LogP contribution < -0.4 is 18.9 Å². The molecule has 0 saturated carbocycles.